The monoisotopic (exact) mass is 1250 g/mol. The molecule has 1 aromatic heterocycles. The van der Waals surface area contributed by atoms with Gasteiger partial charge in [0.05, 0.1) is 59.9 Å². The van der Waals surface area contributed by atoms with Gasteiger partial charge >= 0.3 is 0 Å². The largest absolute Gasteiger partial charge is 0.490 e. The summed E-state index contributed by atoms with van der Waals surface area (Å²) in [6.07, 6.45) is 60.7. The van der Waals surface area contributed by atoms with Gasteiger partial charge in [-0.1, -0.05) is 320 Å². The number of nitrogens with zero attached hydrogens (tertiary/aromatic N) is 2. The van der Waals surface area contributed by atoms with Crippen molar-refractivity contribution >= 4 is 79.3 Å². The average molecular weight is 1250 g/mol. The summed E-state index contributed by atoms with van der Waals surface area (Å²) in [5.74, 6) is 3.34. The zero-order valence-corrected chi connectivity index (χ0v) is 58.2. The van der Waals surface area contributed by atoms with Crippen molar-refractivity contribution in [2.24, 2.45) is 0 Å². The molecule has 8 nitrogen and oxygen atoms in total. The zero-order valence-electron chi connectivity index (χ0n) is 58.2. The lowest BCUT2D eigenvalue weighted by Gasteiger charge is -2.14. The maximum absolute atomic E-state index is 6.59. The van der Waals surface area contributed by atoms with E-state index in [0.717, 1.165) is 115 Å². The Balaban J connectivity index is 1.09. The van der Waals surface area contributed by atoms with Crippen LogP contribution in [0.2, 0.25) is 0 Å². The second-order valence-electron chi connectivity index (χ2n) is 26.7. The summed E-state index contributed by atoms with van der Waals surface area (Å²) < 4.78 is 26.2. The summed E-state index contributed by atoms with van der Waals surface area (Å²) >= 11 is 0. The summed E-state index contributed by atoms with van der Waals surface area (Å²) in [6, 6.07) is 29.9. The molecule has 0 amide bonds. The minimum atomic E-state index is 0.500. The van der Waals surface area contributed by atoms with Crippen LogP contribution in [0.25, 0.3) is 67.9 Å². The number of nitrogens with two attached hydrogens (primary N) is 2. The van der Waals surface area contributed by atoms with E-state index >= 15 is 0 Å². The molecular weight excluding hydrogens is 1130 g/mol. The molecule has 0 saturated carbocycles. The predicted molar refractivity (Wildman–Crippen MR) is 401 cm³/mol. The van der Waals surface area contributed by atoms with E-state index in [4.69, 9.17) is 40.4 Å². The summed E-state index contributed by atoms with van der Waals surface area (Å²) in [7, 11) is 0. The number of ether oxygens (including phenoxy) is 4. The highest BCUT2D eigenvalue weighted by molar-refractivity contribution is 6.24. The standard InChI is InChI=1S/C84H122N4O4/c1-5-9-13-17-21-25-29-33-37-41-57-89-79-55-51-69(63-81(79)91-59-43-39-35-31-27-23-19-15-11-7-3)47-45-67-49-53-71-73(61-67)74-62-68(50-54-72(74)84-83(71)87-77-65-75(85)76(86)66-78(77)88-84)46-48-70-52-56-80(90-58-42-38-34-30-26-22-18-14-10-6-2)82(64-70)92-60-44-40-36-32-28-24-20-16-12-8-4/h45-56,61-66H,5-44,57-60,85-86H2,1-4H3/b47-45+,48-46+. The van der Waals surface area contributed by atoms with Crippen molar-refractivity contribution in [2.45, 2.75) is 285 Å². The molecule has 0 spiro atoms. The highest BCUT2D eigenvalue weighted by Crippen LogP contribution is 2.38. The van der Waals surface area contributed by atoms with Crippen LogP contribution in [0.4, 0.5) is 11.4 Å². The van der Waals surface area contributed by atoms with Gasteiger partial charge in [0.25, 0.3) is 0 Å². The number of aromatic nitrogens is 2. The van der Waals surface area contributed by atoms with E-state index in [9.17, 15) is 0 Å². The molecule has 0 unspecified atom stereocenters. The topological polar surface area (TPSA) is 115 Å². The van der Waals surface area contributed by atoms with E-state index < -0.39 is 0 Å². The van der Waals surface area contributed by atoms with Gasteiger partial charge in [-0.05, 0) is 107 Å². The smallest absolute Gasteiger partial charge is 0.161 e. The first-order valence-corrected chi connectivity index (χ1v) is 37.7. The van der Waals surface area contributed by atoms with Crippen molar-refractivity contribution in [3.63, 3.8) is 0 Å². The highest BCUT2D eigenvalue weighted by atomic mass is 16.5. The van der Waals surface area contributed by atoms with E-state index in [2.05, 4.69) is 125 Å². The van der Waals surface area contributed by atoms with Crippen molar-refractivity contribution < 1.29 is 18.9 Å². The van der Waals surface area contributed by atoms with Gasteiger partial charge in [-0.15, -0.1) is 0 Å². The minimum absolute atomic E-state index is 0.500. The Morgan fingerprint density at radius 2 is 0.500 bits per heavy atom. The summed E-state index contributed by atoms with van der Waals surface area (Å²) in [4.78, 5) is 10.5. The molecule has 0 fully saturated rings. The number of anilines is 2. The van der Waals surface area contributed by atoms with Gasteiger partial charge < -0.3 is 30.4 Å². The van der Waals surface area contributed by atoms with E-state index in [-0.39, 0.29) is 0 Å². The van der Waals surface area contributed by atoms with Gasteiger partial charge in [0.15, 0.2) is 23.0 Å². The lowest BCUT2D eigenvalue weighted by Crippen LogP contribution is -2.03. The van der Waals surface area contributed by atoms with Gasteiger partial charge in [-0.3, -0.25) is 0 Å². The fraction of sp³-hybridized carbons (Fsp3) is 0.571. The van der Waals surface area contributed by atoms with Crippen molar-refractivity contribution in [2.75, 3.05) is 37.9 Å². The van der Waals surface area contributed by atoms with Crippen LogP contribution in [0.3, 0.4) is 0 Å². The first-order valence-electron chi connectivity index (χ1n) is 37.7. The molecule has 92 heavy (non-hydrogen) atoms. The molecule has 0 bridgehead atoms. The molecule has 0 saturated heterocycles. The van der Waals surface area contributed by atoms with Crippen LogP contribution < -0.4 is 30.4 Å². The lowest BCUT2D eigenvalue weighted by molar-refractivity contribution is 0.258. The summed E-state index contributed by atoms with van der Waals surface area (Å²) in [5, 5.41) is 4.26. The van der Waals surface area contributed by atoms with E-state index in [1.165, 1.54) is 231 Å². The Morgan fingerprint density at radius 1 is 0.261 bits per heavy atom. The Kier molecular flexibility index (Phi) is 35.3. The van der Waals surface area contributed by atoms with Gasteiger partial charge in [0, 0.05) is 10.8 Å². The lowest BCUT2D eigenvalue weighted by atomic mass is 9.95. The molecule has 4 N–H and O–H groups in total. The Labute approximate surface area is 557 Å². The Hall–Kier alpha value is -6.28. The first-order chi connectivity index (χ1) is 45.4. The third kappa shape index (κ3) is 26.3. The fourth-order valence-electron chi connectivity index (χ4n) is 12.9. The van der Waals surface area contributed by atoms with E-state index in [0.29, 0.717) is 37.8 Å². The Morgan fingerprint density at radius 3 is 0.783 bits per heavy atom. The Bertz CT molecular complexity index is 3020. The molecule has 8 heteroatoms. The summed E-state index contributed by atoms with van der Waals surface area (Å²) in [6.45, 7) is 11.9. The number of unbranched alkanes of at least 4 members (excludes halogenated alkanes) is 36. The second kappa shape index (κ2) is 44.3. The second-order valence-corrected chi connectivity index (χ2v) is 26.7. The van der Waals surface area contributed by atoms with Crippen molar-refractivity contribution in [1.29, 1.82) is 0 Å². The van der Waals surface area contributed by atoms with Gasteiger partial charge in [-0.25, -0.2) is 9.97 Å². The fourth-order valence-corrected chi connectivity index (χ4v) is 12.9. The summed E-state index contributed by atoms with van der Waals surface area (Å²) in [5.41, 5.74) is 21.1. The number of hydrogen-bond acceptors (Lipinski definition) is 8. The molecular formula is C84H122N4O4. The minimum Gasteiger partial charge on any atom is -0.490 e. The molecule has 0 aliphatic heterocycles. The van der Waals surface area contributed by atoms with E-state index in [1.807, 2.05) is 12.1 Å². The number of nitrogen functional groups attached to an aromatic ring is 2. The predicted octanol–water partition coefficient (Wildman–Crippen LogP) is 25.8. The highest BCUT2D eigenvalue weighted by Gasteiger charge is 2.16. The quantitative estimate of drug-likeness (QED) is 0.0127. The van der Waals surface area contributed by atoms with Crippen LogP contribution in [-0.4, -0.2) is 36.4 Å². The van der Waals surface area contributed by atoms with Crippen molar-refractivity contribution in [3.8, 4) is 23.0 Å². The number of rotatable bonds is 52. The van der Waals surface area contributed by atoms with Crippen LogP contribution in [0.15, 0.2) is 84.9 Å². The van der Waals surface area contributed by atoms with Crippen LogP contribution in [0.5, 0.6) is 23.0 Å². The zero-order chi connectivity index (χ0) is 64.5. The van der Waals surface area contributed by atoms with Gasteiger partial charge in [-0.2, -0.15) is 0 Å². The maximum Gasteiger partial charge on any atom is 0.161 e. The van der Waals surface area contributed by atoms with Crippen molar-refractivity contribution in [1.82, 2.24) is 9.97 Å². The SMILES string of the molecule is CCCCCCCCCCCCOc1ccc(/C=C/c2ccc3c(c2)c2cc(/C=C/c4ccc(OCCCCCCCCCCCC)c(OCCCCCCCCCCCC)c4)ccc2c2nc4cc(N)c(N)cc4nc32)cc1OCCCCCCCCCCCC. The molecule has 0 atom stereocenters. The van der Waals surface area contributed by atoms with Crippen LogP contribution in [0.1, 0.15) is 307 Å². The van der Waals surface area contributed by atoms with Crippen LogP contribution in [-0.2, 0) is 0 Å². The third-order valence-corrected chi connectivity index (χ3v) is 18.7. The molecule has 1 heterocycles. The number of benzene rings is 6. The van der Waals surface area contributed by atoms with E-state index in [1.54, 1.807) is 0 Å². The average Bonchev–Trinajstić information content (AvgIpc) is 0.748. The third-order valence-electron chi connectivity index (χ3n) is 18.7. The number of fused-ring (bicyclic) bond motifs is 7. The molecule has 0 aliphatic rings. The molecule has 0 radical (unpaired) electrons. The number of hydrogen-bond donors (Lipinski definition) is 2. The maximum atomic E-state index is 6.59. The van der Waals surface area contributed by atoms with Crippen molar-refractivity contribution in [3.05, 3.63) is 107 Å². The molecule has 502 valence electrons. The molecule has 6 aromatic carbocycles. The molecule has 7 aromatic rings. The molecule has 7 rings (SSSR count). The first kappa shape index (κ1) is 73.1. The normalized spacial score (nSPS) is 11.9. The molecule has 0 aliphatic carbocycles. The van der Waals surface area contributed by atoms with Gasteiger partial charge in [0.2, 0.25) is 0 Å². The van der Waals surface area contributed by atoms with Crippen LogP contribution in [0, 0.1) is 0 Å². The van der Waals surface area contributed by atoms with Gasteiger partial charge in [0.1, 0.15) is 0 Å². The van der Waals surface area contributed by atoms with Crippen LogP contribution >= 0.6 is 0 Å².